The summed E-state index contributed by atoms with van der Waals surface area (Å²) < 4.78 is 16.1. The van der Waals surface area contributed by atoms with E-state index in [9.17, 15) is 4.79 Å². The molecule has 0 aliphatic carbocycles. The van der Waals surface area contributed by atoms with E-state index in [1.165, 1.54) is 0 Å². The van der Waals surface area contributed by atoms with Crippen LogP contribution in [0.4, 0.5) is 0 Å². The van der Waals surface area contributed by atoms with Gasteiger partial charge in [-0.1, -0.05) is 17.3 Å². The zero-order valence-electron chi connectivity index (χ0n) is 17.2. The molecular weight excluding hydrogens is 400 g/mol. The Balaban J connectivity index is 1.45. The van der Waals surface area contributed by atoms with Crippen molar-refractivity contribution in [3.05, 3.63) is 59.6 Å². The predicted molar refractivity (Wildman–Crippen MR) is 111 cm³/mol. The highest BCUT2D eigenvalue weighted by atomic mass is 16.5. The highest BCUT2D eigenvalue weighted by molar-refractivity contribution is 5.87. The lowest BCUT2D eigenvalue weighted by molar-refractivity contribution is 0.0697. The minimum atomic E-state index is -0.924. The van der Waals surface area contributed by atoms with Crippen LogP contribution in [-0.2, 0) is 11.3 Å². The van der Waals surface area contributed by atoms with Gasteiger partial charge < -0.3 is 19.1 Å². The quantitative estimate of drug-likeness (QED) is 0.518. The van der Waals surface area contributed by atoms with Crippen LogP contribution in [0.5, 0.6) is 5.88 Å². The van der Waals surface area contributed by atoms with Gasteiger partial charge in [0.05, 0.1) is 18.2 Å². The Morgan fingerprint density at radius 1 is 1.26 bits per heavy atom. The molecule has 3 aromatic rings. The maximum absolute atomic E-state index is 11.0. The van der Waals surface area contributed by atoms with Crippen molar-refractivity contribution in [3.63, 3.8) is 0 Å². The molecule has 9 heteroatoms. The van der Waals surface area contributed by atoms with Gasteiger partial charge in [0.25, 0.3) is 0 Å². The molecule has 1 N–H and O–H groups in total. The molecule has 0 spiro atoms. The van der Waals surface area contributed by atoms with Gasteiger partial charge >= 0.3 is 5.97 Å². The molecule has 1 unspecified atom stereocenters. The Hall–Kier alpha value is -3.30. The number of pyridine rings is 1. The minimum Gasteiger partial charge on any atom is -0.478 e. The summed E-state index contributed by atoms with van der Waals surface area (Å²) in [4.78, 5) is 22.1. The molecule has 0 saturated carbocycles. The number of hydrogen-bond donors (Lipinski definition) is 1. The monoisotopic (exact) mass is 424 g/mol. The molecule has 1 fully saturated rings. The van der Waals surface area contributed by atoms with Gasteiger partial charge in [-0.25, -0.2) is 9.78 Å². The van der Waals surface area contributed by atoms with Gasteiger partial charge in [0.15, 0.2) is 0 Å². The van der Waals surface area contributed by atoms with Gasteiger partial charge in [0.1, 0.15) is 6.61 Å². The average Bonchev–Trinajstić information content (AvgIpc) is 3.44. The number of carbonyl (C=O) groups is 1. The number of aromatic carboxylic acids is 1. The van der Waals surface area contributed by atoms with E-state index in [0.29, 0.717) is 37.4 Å². The van der Waals surface area contributed by atoms with Crippen LogP contribution in [-0.4, -0.2) is 58.0 Å². The van der Waals surface area contributed by atoms with E-state index in [2.05, 4.69) is 20.0 Å². The Morgan fingerprint density at radius 2 is 2.10 bits per heavy atom. The number of ether oxygens (including phenoxy) is 2. The Morgan fingerprint density at radius 3 is 2.87 bits per heavy atom. The molecule has 3 heterocycles. The van der Waals surface area contributed by atoms with Crippen molar-refractivity contribution in [3.8, 4) is 17.3 Å². The number of methoxy groups -OCH3 is 1. The van der Waals surface area contributed by atoms with Gasteiger partial charge in [-0.15, -0.1) is 0 Å². The molecule has 31 heavy (non-hydrogen) atoms. The Labute approximate surface area is 179 Å². The Bertz CT molecular complexity index is 1020. The SMILES string of the molecule is COCCOc1cc(-c2noc(C3CCCN3Cc3ccc(C(=O)O)cc3)n2)ccn1. The van der Waals surface area contributed by atoms with E-state index < -0.39 is 5.97 Å². The van der Waals surface area contributed by atoms with Crippen molar-refractivity contribution in [2.75, 3.05) is 26.9 Å². The topological polar surface area (TPSA) is 111 Å². The molecular formula is C22H24N4O5. The number of likely N-dealkylation sites (tertiary alicyclic amines) is 1. The third-order valence-corrected chi connectivity index (χ3v) is 5.21. The van der Waals surface area contributed by atoms with Crippen molar-refractivity contribution < 1.29 is 23.9 Å². The van der Waals surface area contributed by atoms with Gasteiger partial charge in [-0.3, -0.25) is 4.90 Å². The van der Waals surface area contributed by atoms with Crippen molar-refractivity contribution >= 4 is 5.97 Å². The number of carboxylic acid groups (broad SMARTS) is 1. The summed E-state index contributed by atoms with van der Waals surface area (Å²) in [6.45, 7) is 2.49. The van der Waals surface area contributed by atoms with Crippen LogP contribution in [0.2, 0.25) is 0 Å². The summed E-state index contributed by atoms with van der Waals surface area (Å²) in [6.07, 6.45) is 3.61. The minimum absolute atomic E-state index is 0.0275. The van der Waals surface area contributed by atoms with Crippen molar-refractivity contribution in [1.82, 2.24) is 20.0 Å². The standard InChI is InChI=1S/C22H24N4O5/c1-29-11-12-30-19-13-17(8-9-23-19)20-24-21(31-25-20)18-3-2-10-26(18)14-15-4-6-16(7-5-15)22(27)28/h4-9,13,18H,2-3,10-12,14H2,1H3,(H,27,28). The van der Waals surface area contributed by atoms with Crippen molar-refractivity contribution in [1.29, 1.82) is 0 Å². The molecule has 1 atom stereocenters. The summed E-state index contributed by atoms with van der Waals surface area (Å²) >= 11 is 0. The second-order valence-electron chi connectivity index (χ2n) is 7.31. The van der Waals surface area contributed by atoms with Crippen LogP contribution < -0.4 is 4.74 Å². The van der Waals surface area contributed by atoms with E-state index in [4.69, 9.17) is 19.1 Å². The summed E-state index contributed by atoms with van der Waals surface area (Å²) in [5, 5.41) is 13.2. The third-order valence-electron chi connectivity index (χ3n) is 5.21. The fraction of sp³-hybridized carbons (Fsp3) is 0.364. The summed E-state index contributed by atoms with van der Waals surface area (Å²) in [7, 11) is 1.62. The highest BCUT2D eigenvalue weighted by Crippen LogP contribution is 2.33. The molecule has 1 aliphatic rings. The van der Waals surface area contributed by atoms with Crippen LogP contribution in [0.1, 0.15) is 40.7 Å². The fourth-order valence-corrected chi connectivity index (χ4v) is 3.63. The molecule has 1 aromatic carbocycles. The Kier molecular flexibility index (Phi) is 6.54. The maximum atomic E-state index is 11.0. The number of rotatable bonds is 9. The number of carboxylic acids is 1. The van der Waals surface area contributed by atoms with E-state index in [1.807, 2.05) is 18.2 Å². The van der Waals surface area contributed by atoms with Crippen LogP contribution >= 0.6 is 0 Å². The van der Waals surface area contributed by atoms with Gasteiger partial charge in [-0.05, 0) is 43.1 Å². The molecule has 0 bridgehead atoms. The molecule has 162 valence electrons. The number of aromatic nitrogens is 3. The third kappa shape index (κ3) is 5.07. The highest BCUT2D eigenvalue weighted by Gasteiger charge is 2.31. The zero-order chi connectivity index (χ0) is 21.6. The second-order valence-corrected chi connectivity index (χ2v) is 7.31. The lowest BCUT2D eigenvalue weighted by atomic mass is 10.1. The van der Waals surface area contributed by atoms with Crippen molar-refractivity contribution in [2.45, 2.75) is 25.4 Å². The van der Waals surface area contributed by atoms with Crippen LogP contribution in [0.15, 0.2) is 47.1 Å². The number of hydrogen-bond acceptors (Lipinski definition) is 8. The zero-order valence-corrected chi connectivity index (χ0v) is 17.2. The van der Waals surface area contributed by atoms with Gasteiger partial charge in [-0.2, -0.15) is 4.98 Å². The van der Waals surface area contributed by atoms with Gasteiger partial charge in [0, 0.05) is 31.5 Å². The predicted octanol–water partition coefficient (Wildman–Crippen LogP) is 3.19. The van der Waals surface area contributed by atoms with E-state index in [1.54, 1.807) is 31.5 Å². The molecule has 9 nitrogen and oxygen atoms in total. The van der Waals surface area contributed by atoms with Crippen molar-refractivity contribution in [2.24, 2.45) is 0 Å². The van der Waals surface area contributed by atoms with E-state index in [0.717, 1.165) is 30.5 Å². The second kappa shape index (κ2) is 9.67. The maximum Gasteiger partial charge on any atom is 0.335 e. The average molecular weight is 424 g/mol. The summed E-state index contributed by atoms with van der Waals surface area (Å²) in [6, 6.07) is 10.6. The lowest BCUT2D eigenvalue weighted by Gasteiger charge is -2.21. The van der Waals surface area contributed by atoms with E-state index in [-0.39, 0.29) is 11.6 Å². The molecule has 1 saturated heterocycles. The van der Waals surface area contributed by atoms with Crippen LogP contribution in [0.3, 0.4) is 0 Å². The van der Waals surface area contributed by atoms with Crippen LogP contribution in [0.25, 0.3) is 11.4 Å². The molecule has 0 radical (unpaired) electrons. The molecule has 2 aromatic heterocycles. The number of nitrogens with zero attached hydrogens (tertiary/aromatic N) is 4. The lowest BCUT2D eigenvalue weighted by Crippen LogP contribution is -2.23. The first-order valence-electron chi connectivity index (χ1n) is 10.1. The largest absolute Gasteiger partial charge is 0.478 e. The first-order chi connectivity index (χ1) is 15.1. The summed E-state index contributed by atoms with van der Waals surface area (Å²) in [5.74, 6) is 0.625. The molecule has 4 rings (SSSR count). The van der Waals surface area contributed by atoms with Gasteiger partial charge in [0.2, 0.25) is 17.6 Å². The van der Waals surface area contributed by atoms with Crippen LogP contribution in [0, 0.1) is 0 Å². The molecule has 1 aliphatic heterocycles. The fourth-order valence-electron chi connectivity index (χ4n) is 3.63. The molecule has 0 amide bonds. The smallest absolute Gasteiger partial charge is 0.335 e. The summed E-state index contributed by atoms with van der Waals surface area (Å²) in [5.41, 5.74) is 2.10. The number of benzene rings is 1. The normalized spacial score (nSPS) is 16.5. The first-order valence-corrected chi connectivity index (χ1v) is 10.1. The first kappa shape index (κ1) is 21.0. The van der Waals surface area contributed by atoms with E-state index >= 15 is 0 Å².